The number of rotatable bonds is 54. The zero-order chi connectivity index (χ0) is 85.3. The fourth-order valence-corrected chi connectivity index (χ4v) is 15.0. The molecule has 12 heteroatoms. The number of ether oxygens (including phenoxy) is 6. The van der Waals surface area contributed by atoms with Crippen molar-refractivity contribution in [2.75, 3.05) is 0 Å². The van der Waals surface area contributed by atoms with Crippen LogP contribution in [0.5, 0.6) is 34.5 Å². The highest BCUT2D eigenvalue weighted by Gasteiger charge is 2.14. The summed E-state index contributed by atoms with van der Waals surface area (Å²) in [5.41, 5.74) is 0. The van der Waals surface area contributed by atoms with Crippen LogP contribution in [0.2, 0.25) is 0 Å². The lowest BCUT2D eigenvalue weighted by molar-refractivity contribution is -0.135. The lowest BCUT2D eigenvalue weighted by atomic mass is 10.1. The van der Waals surface area contributed by atoms with Crippen LogP contribution in [0.3, 0.4) is 0 Å². The maximum atomic E-state index is 13.8. The van der Waals surface area contributed by atoms with E-state index in [1.807, 2.05) is 182 Å². The van der Waals surface area contributed by atoms with E-state index >= 15 is 0 Å². The van der Waals surface area contributed by atoms with Crippen LogP contribution in [0.1, 0.15) is 350 Å². The molecule has 0 heterocycles. The van der Waals surface area contributed by atoms with Crippen molar-refractivity contribution in [3.05, 3.63) is 182 Å². The van der Waals surface area contributed by atoms with Gasteiger partial charge in [0.05, 0.1) is 0 Å². The monoisotopic (exact) mass is 1630 g/mol. The van der Waals surface area contributed by atoms with Crippen LogP contribution in [0.4, 0.5) is 0 Å². The second-order valence-electron chi connectivity index (χ2n) is 33.1. The summed E-state index contributed by atoms with van der Waals surface area (Å²) in [6.45, 7) is 13.3. The second kappa shape index (κ2) is 60.1. The van der Waals surface area contributed by atoms with E-state index in [9.17, 15) is 28.8 Å². The normalized spacial score (nSPS) is 11.1. The van der Waals surface area contributed by atoms with Gasteiger partial charge >= 0.3 is 35.8 Å². The summed E-state index contributed by atoms with van der Waals surface area (Å²) in [5, 5.41) is 8.91. The lowest BCUT2D eigenvalue weighted by Gasteiger charge is -2.07. The van der Waals surface area contributed by atoms with Gasteiger partial charge in [-0.15, -0.1) is 0 Å². The van der Waals surface area contributed by atoms with Crippen molar-refractivity contribution in [3.8, 4) is 34.5 Å². The van der Waals surface area contributed by atoms with Crippen LogP contribution in [0.25, 0.3) is 64.6 Å². The molecule has 0 N–H and O–H groups in total. The molecule has 0 amide bonds. The Morgan fingerprint density at radius 1 is 0.150 bits per heavy atom. The summed E-state index contributed by atoms with van der Waals surface area (Å²) >= 11 is 0. The van der Waals surface area contributed by atoms with Crippen molar-refractivity contribution in [2.45, 2.75) is 350 Å². The molecule has 12 nitrogen and oxygen atoms in total. The molecule has 0 aliphatic rings. The number of carbonyl (C=O) groups excluding carboxylic acids is 6. The molecule has 7 aromatic carbocycles. The Balaban J connectivity index is 1.49. The molecule has 648 valence electrons. The molecule has 0 saturated carbocycles. The van der Waals surface area contributed by atoms with Gasteiger partial charge in [-0.05, 0) is 212 Å². The average molecular weight is 1630 g/mol. The highest BCUT2D eigenvalue weighted by atomic mass is 16.6. The Morgan fingerprint density at radius 3 is 0.358 bits per heavy atom. The quantitative estimate of drug-likeness (QED) is 0.0202. The van der Waals surface area contributed by atoms with Gasteiger partial charge in [0.2, 0.25) is 0 Å². The van der Waals surface area contributed by atoms with Gasteiger partial charge in [0, 0.05) is 38.5 Å². The molecule has 0 aliphatic carbocycles. The minimum absolute atomic E-state index is 0.286. The highest BCUT2D eigenvalue weighted by Crippen LogP contribution is 2.30. The number of esters is 6. The van der Waals surface area contributed by atoms with Gasteiger partial charge in [0.15, 0.2) is 0 Å². The first-order valence-corrected chi connectivity index (χ1v) is 46.9. The topological polar surface area (TPSA) is 158 Å². The predicted molar refractivity (Wildman–Crippen MR) is 500 cm³/mol. The Labute approximate surface area is 719 Å². The summed E-state index contributed by atoms with van der Waals surface area (Å²) < 4.78 is 37.2. The standard InChI is InChI=1S/C108H144O12/c1-7-13-19-25-31-37-43-49-103(109)115-97-73-85-55-57-87-68-89(77-98(75-87)116-104(110)50-44-38-32-26-20-14-8-2)59-61-91-70-93(81-100(79-91)118-106(112)52-46-40-34-28-22-16-10-4)63-65-95-72-96(84-102(83-95)120-108(114)54-48-42-36-30-24-18-12-6)66-64-94-71-92(80-101(82-94)119-107(113)53-47-41-35-29-23-17-11-5)62-60-90-69-88(58-56-86(67-85)74-97)76-99(78-90)117-105(111)51-45-39-33-27-21-15-9-3/h55-84H,7-54H2,1-6H3. The number of unbranched alkanes of at least 4 members (excludes halogenated alkanes) is 36. The highest BCUT2D eigenvalue weighted by molar-refractivity contribution is 5.84. The van der Waals surface area contributed by atoms with Gasteiger partial charge in [-0.2, -0.15) is 0 Å². The van der Waals surface area contributed by atoms with E-state index in [1.54, 1.807) is 0 Å². The minimum Gasteiger partial charge on any atom is -0.426 e. The third-order valence-corrected chi connectivity index (χ3v) is 21.8. The zero-order valence-corrected chi connectivity index (χ0v) is 74.2. The first-order chi connectivity index (χ1) is 58.7. The molecule has 12 bridgehead atoms. The molecule has 0 aromatic heterocycles. The first-order valence-electron chi connectivity index (χ1n) is 46.9. The van der Waals surface area contributed by atoms with Crippen LogP contribution < -0.4 is 28.4 Å². The number of carbonyl (C=O) groups is 6. The van der Waals surface area contributed by atoms with E-state index in [4.69, 9.17) is 28.4 Å². The SMILES string of the molecule is CCCCCCCCCC(=O)Oc1cc2ccc3cc(OC(=O)CCCCCCCCC)cc(ccc4cc(OC(=O)CCCCCCCCC)cc(ccc5cc(OC(=O)CCCCCCCCC)cc(ccc6cc(OC(=O)CCCCCCCCC)cc(ccc7cc(OC(=O)CCCCCCCCC)cc(ccc(c1)c2)c7)c6)c5)c4)c3. The Morgan fingerprint density at radius 2 is 0.250 bits per heavy atom. The molecule has 0 spiro atoms. The van der Waals surface area contributed by atoms with Gasteiger partial charge in [0.1, 0.15) is 34.5 Å². The fourth-order valence-electron chi connectivity index (χ4n) is 15.0. The molecule has 0 unspecified atom stereocenters. The number of hydrogen-bond donors (Lipinski definition) is 0. The van der Waals surface area contributed by atoms with Gasteiger partial charge < -0.3 is 28.4 Å². The van der Waals surface area contributed by atoms with Crippen molar-refractivity contribution in [2.24, 2.45) is 0 Å². The van der Waals surface area contributed by atoms with Crippen LogP contribution in [0.15, 0.2) is 182 Å². The van der Waals surface area contributed by atoms with E-state index in [1.165, 1.54) is 116 Å². The largest absolute Gasteiger partial charge is 0.426 e. The smallest absolute Gasteiger partial charge is 0.311 e. The Hall–Kier alpha value is -9.42. The van der Waals surface area contributed by atoms with Crippen molar-refractivity contribution >= 4 is 100 Å². The molecule has 7 aromatic rings. The van der Waals surface area contributed by atoms with Crippen LogP contribution >= 0.6 is 0 Å². The van der Waals surface area contributed by atoms with E-state index < -0.39 is 0 Å². The molecular formula is C108H144O12. The average Bonchev–Trinajstić information content (AvgIpc) is 0.844. The minimum atomic E-state index is -0.310. The number of benzene rings is 6. The maximum absolute atomic E-state index is 13.8. The second-order valence-corrected chi connectivity index (χ2v) is 33.1. The van der Waals surface area contributed by atoms with Crippen LogP contribution in [-0.2, 0) is 28.8 Å². The van der Waals surface area contributed by atoms with Gasteiger partial charge in [-0.25, -0.2) is 0 Å². The van der Waals surface area contributed by atoms with Crippen molar-refractivity contribution in [1.29, 1.82) is 0 Å². The summed E-state index contributed by atoms with van der Waals surface area (Å²) in [6.07, 6.45) is 46.5. The summed E-state index contributed by atoms with van der Waals surface area (Å²) in [5.74, 6) is 0.454. The number of hydrogen-bond acceptors (Lipinski definition) is 12. The summed E-state index contributed by atoms with van der Waals surface area (Å²) in [4.78, 5) is 82.7. The third-order valence-electron chi connectivity index (χ3n) is 21.8. The van der Waals surface area contributed by atoms with E-state index in [-0.39, 0.29) is 74.3 Å². The molecular weight excluding hydrogens is 1490 g/mol. The zero-order valence-electron chi connectivity index (χ0n) is 74.2. The molecule has 120 heavy (non-hydrogen) atoms. The first kappa shape index (κ1) is 97.7. The molecule has 7 rings (SSSR count). The molecule has 0 atom stereocenters. The molecule has 0 saturated heterocycles. The number of fused-ring (bicyclic) bond motifs is 12. The Kier molecular flexibility index (Phi) is 49.0. The molecule has 0 radical (unpaired) electrons. The summed E-state index contributed by atoms with van der Waals surface area (Å²) in [7, 11) is 0. The molecule has 0 fully saturated rings. The van der Waals surface area contributed by atoms with Crippen molar-refractivity contribution in [1.82, 2.24) is 0 Å². The van der Waals surface area contributed by atoms with E-state index in [0.717, 1.165) is 219 Å². The van der Waals surface area contributed by atoms with Gasteiger partial charge in [0.25, 0.3) is 0 Å². The van der Waals surface area contributed by atoms with Crippen molar-refractivity contribution in [3.63, 3.8) is 0 Å². The third kappa shape index (κ3) is 43.2. The molecule has 0 aliphatic heterocycles. The fraction of sp³-hybridized carbons (Fsp3) is 0.500. The van der Waals surface area contributed by atoms with E-state index in [2.05, 4.69) is 41.5 Å². The van der Waals surface area contributed by atoms with Gasteiger partial charge in [-0.1, -0.05) is 345 Å². The maximum Gasteiger partial charge on any atom is 0.311 e. The van der Waals surface area contributed by atoms with Gasteiger partial charge in [-0.3, -0.25) is 28.8 Å². The van der Waals surface area contributed by atoms with E-state index in [0.29, 0.717) is 34.5 Å². The van der Waals surface area contributed by atoms with Crippen LogP contribution in [0, 0.1) is 0 Å². The predicted octanol–water partition coefficient (Wildman–Crippen LogP) is 31.9. The lowest BCUT2D eigenvalue weighted by Crippen LogP contribution is -2.07. The van der Waals surface area contributed by atoms with Crippen molar-refractivity contribution < 1.29 is 57.2 Å². The Bertz CT molecular complexity index is 3690. The van der Waals surface area contributed by atoms with Crippen LogP contribution in [-0.4, -0.2) is 35.8 Å². The summed E-state index contributed by atoms with van der Waals surface area (Å²) in [6, 6.07) is 57.9.